The molecule has 1 atom stereocenters. The molecular weight excluding hydrogens is 282 g/mol. The molecule has 108 valence electrons. The number of hydrogen-bond acceptors (Lipinski definition) is 4. The van der Waals surface area contributed by atoms with Crippen LogP contribution in [-0.4, -0.2) is 36.2 Å². The first-order valence-corrected chi connectivity index (χ1v) is 7.68. The van der Waals surface area contributed by atoms with Crippen LogP contribution in [0.1, 0.15) is 24.3 Å². The van der Waals surface area contributed by atoms with E-state index >= 15 is 0 Å². The number of hydrogen-bond donors (Lipinski definition) is 0. The van der Waals surface area contributed by atoms with Crippen LogP contribution in [0.25, 0.3) is 0 Å². The number of halogens is 2. The number of piperidine rings is 1. The quantitative estimate of drug-likeness (QED) is 0.798. The number of ether oxygens (including phenoxy) is 1. The van der Waals surface area contributed by atoms with E-state index in [1.807, 2.05) is 12.1 Å². The molecule has 1 aromatic rings. The Morgan fingerprint density at radius 3 is 2.80 bits per heavy atom. The van der Waals surface area contributed by atoms with Gasteiger partial charge in [-0.2, -0.15) is 8.78 Å². The van der Waals surface area contributed by atoms with Gasteiger partial charge in [-0.1, -0.05) is 12.1 Å². The summed E-state index contributed by atoms with van der Waals surface area (Å²) in [5.74, 6) is 2.65. The van der Waals surface area contributed by atoms with Crippen LogP contribution in [0.2, 0.25) is 0 Å². The van der Waals surface area contributed by atoms with E-state index in [0.717, 1.165) is 43.1 Å². The third-order valence-corrected chi connectivity index (χ3v) is 4.36. The molecule has 1 fully saturated rings. The van der Waals surface area contributed by atoms with Crippen molar-refractivity contribution in [1.82, 2.24) is 4.90 Å². The first-order chi connectivity index (χ1) is 9.74. The highest BCUT2D eigenvalue weighted by Gasteiger charge is 2.29. The lowest BCUT2D eigenvalue weighted by atomic mass is 9.89. The van der Waals surface area contributed by atoms with Crippen molar-refractivity contribution >= 4 is 17.8 Å². The molecule has 0 saturated carbocycles. The standard InChI is InChI=1S/C14H16F2N2OS/c15-14(16)19-11-5-3-10(4-6-11)12-2-1-7-18-8-9-20-17-13(12)18/h3-6,12,14H,1-2,7-9H2. The van der Waals surface area contributed by atoms with Crippen LogP contribution < -0.4 is 4.74 Å². The van der Waals surface area contributed by atoms with E-state index in [9.17, 15) is 8.78 Å². The van der Waals surface area contributed by atoms with E-state index in [2.05, 4.69) is 14.0 Å². The summed E-state index contributed by atoms with van der Waals surface area (Å²) in [6.07, 6.45) is 2.20. The van der Waals surface area contributed by atoms with E-state index in [4.69, 9.17) is 0 Å². The third-order valence-electron chi connectivity index (χ3n) is 3.67. The molecule has 0 aromatic heterocycles. The maximum atomic E-state index is 12.1. The van der Waals surface area contributed by atoms with E-state index in [0.29, 0.717) is 0 Å². The fourth-order valence-electron chi connectivity index (χ4n) is 2.76. The van der Waals surface area contributed by atoms with Gasteiger partial charge in [-0.25, -0.2) is 4.40 Å². The monoisotopic (exact) mass is 298 g/mol. The first kappa shape index (κ1) is 13.7. The molecule has 0 N–H and O–H groups in total. The number of alkyl halides is 2. The van der Waals surface area contributed by atoms with Crippen molar-refractivity contribution in [3.05, 3.63) is 29.8 Å². The van der Waals surface area contributed by atoms with Gasteiger partial charge in [0.25, 0.3) is 0 Å². The average Bonchev–Trinajstić information content (AvgIpc) is 2.47. The summed E-state index contributed by atoms with van der Waals surface area (Å²) in [6, 6.07) is 6.95. The van der Waals surface area contributed by atoms with Crippen molar-refractivity contribution in [2.24, 2.45) is 4.40 Å². The van der Waals surface area contributed by atoms with Gasteiger partial charge >= 0.3 is 6.61 Å². The van der Waals surface area contributed by atoms with Gasteiger partial charge < -0.3 is 9.64 Å². The molecule has 6 heteroatoms. The van der Waals surface area contributed by atoms with Gasteiger partial charge in [0.05, 0.1) is 0 Å². The molecule has 0 spiro atoms. The Hall–Kier alpha value is -1.30. The largest absolute Gasteiger partial charge is 0.435 e. The first-order valence-electron chi connectivity index (χ1n) is 6.73. The normalized spacial score (nSPS) is 22.4. The van der Waals surface area contributed by atoms with Gasteiger partial charge in [0.2, 0.25) is 0 Å². The Kier molecular flexibility index (Phi) is 4.10. The highest BCUT2D eigenvalue weighted by Crippen LogP contribution is 2.33. The Morgan fingerprint density at radius 1 is 1.25 bits per heavy atom. The van der Waals surface area contributed by atoms with Crippen LogP contribution >= 0.6 is 11.9 Å². The number of rotatable bonds is 3. The molecule has 2 heterocycles. The van der Waals surface area contributed by atoms with E-state index in [-0.39, 0.29) is 11.7 Å². The average molecular weight is 298 g/mol. The lowest BCUT2D eigenvalue weighted by Gasteiger charge is -2.37. The second-order valence-corrected chi connectivity index (χ2v) is 5.76. The molecule has 0 aliphatic carbocycles. The van der Waals surface area contributed by atoms with Crippen molar-refractivity contribution in [3.8, 4) is 5.75 Å². The molecule has 2 aliphatic heterocycles. The Morgan fingerprint density at radius 2 is 2.05 bits per heavy atom. The van der Waals surface area contributed by atoms with Crippen LogP contribution in [-0.2, 0) is 0 Å². The van der Waals surface area contributed by atoms with Gasteiger partial charge in [-0.3, -0.25) is 0 Å². The molecular formula is C14H16F2N2OS. The summed E-state index contributed by atoms with van der Waals surface area (Å²) in [5, 5.41) is 0. The Bertz CT molecular complexity index is 492. The van der Waals surface area contributed by atoms with Crippen LogP contribution in [0, 0.1) is 0 Å². The maximum absolute atomic E-state index is 12.1. The zero-order valence-corrected chi connectivity index (χ0v) is 11.8. The molecule has 3 nitrogen and oxygen atoms in total. The zero-order valence-electron chi connectivity index (χ0n) is 11.0. The minimum absolute atomic E-state index is 0.205. The summed E-state index contributed by atoms with van der Waals surface area (Å²) in [4.78, 5) is 2.34. The second kappa shape index (κ2) is 5.99. The summed E-state index contributed by atoms with van der Waals surface area (Å²) >= 11 is 1.61. The summed E-state index contributed by atoms with van der Waals surface area (Å²) in [7, 11) is 0. The van der Waals surface area contributed by atoms with Crippen molar-refractivity contribution in [1.29, 1.82) is 0 Å². The van der Waals surface area contributed by atoms with E-state index < -0.39 is 6.61 Å². The van der Waals surface area contributed by atoms with Crippen molar-refractivity contribution < 1.29 is 13.5 Å². The zero-order chi connectivity index (χ0) is 13.9. The lowest BCUT2D eigenvalue weighted by molar-refractivity contribution is -0.0498. The molecule has 0 amide bonds. The molecule has 3 rings (SSSR count). The minimum atomic E-state index is -2.77. The van der Waals surface area contributed by atoms with Gasteiger partial charge in [-0.15, -0.1) is 0 Å². The Labute approximate surface area is 121 Å². The van der Waals surface area contributed by atoms with Gasteiger partial charge in [0.15, 0.2) is 0 Å². The van der Waals surface area contributed by atoms with E-state index in [1.165, 1.54) is 0 Å². The highest BCUT2D eigenvalue weighted by molar-refractivity contribution is 7.98. The SMILES string of the molecule is FC(F)Oc1ccc(C2CCCN3CCSN=C23)cc1. The topological polar surface area (TPSA) is 24.8 Å². The van der Waals surface area contributed by atoms with Crippen LogP contribution in [0.3, 0.4) is 0 Å². The lowest BCUT2D eigenvalue weighted by Crippen LogP contribution is -2.42. The molecule has 20 heavy (non-hydrogen) atoms. The maximum Gasteiger partial charge on any atom is 0.387 e. The van der Waals surface area contributed by atoms with E-state index in [1.54, 1.807) is 24.1 Å². The predicted molar refractivity (Wildman–Crippen MR) is 76.5 cm³/mol. The summed E-state index contributed by atoms with van der Waals surface area (Å²) < 4.78 is 33.3. The number of fused-ring (bicyclic) bond motifs is 1. The third kappa shape index (κ3) is 2.90. The molecule has 1 unspecified atom stereocenters. The van der Waals surface area contributed by atoms with Crippen LogP contribution in [0.5, 0.6) is 5.75 Å². The van der Waals surface area contributed by atoms with Crippen LogP contribution in [0.4, 0.5) is 8.78 Å². The highest BCUT2D eigenvalue weighted by atomic mass is 32.2. The minimum Gasteiger partial charge on any atom is -0.435 e. The summed E-state index contributed by atoms with van der Waals surface area (Å²) in [5.41, 5.74) is 1.12. The van der Waals surface area contributed by atoms with Crippen LogP contribution in [0.15, 0.2) is 28.7 Å². The fraction of sp³-hybridized carbons (Fsp3) is 0.500. The van der Waals surface area contributed by atoms with Gasteiger partial charge in [0.1, 0.15) is 11.6 Å². The van der Waals surface area contributed by atoms with Gasteiger partial charge in [0, 0.05) is 24.8 Å². The molecule has 2 aliphatic rings. The van der Waals surface area contributed by atoms with Crippen molar-refractivity contribution in [2.45, 2.75) is 25.4 Å². The molecule has 1 saturated heterocycles. The number of benzene rings is 1. The molecule has 0 bridgehead atoms. The van der Waals surface area contributed by atoms with Crippen molar-refractivity contribution in [3.63, 3.8) is 0 Å². The predicted octanol–water partition coefficient (Wildman–Crippen LogP) is 3.53. The smallest absolute Gasteiger partial charge is 0.387 e. The summed E-state index contributed by atoms with van der Waals surface area (Å²) in [6.45, 7) is -0.653. The Balaban J connectivity index is 1.79. The fourth-order valence-corrected chi connectivity index (χ4v) is 3.53. The number of amidine groups is 1. The molecule has 1 aromatic carbocycles. The van der Waals surface area contributed by atoms with Gasteiger partial charge in [-0.05, 0) is 42.5 Å². The number of nitrogens with zero attached hydrogens (tertiary/aromatic N) is 2. The second-order valence-electron chi connectivity index (χ2n) is 4.91. The van der Waals surface area contributed by atoms with Crippen molar-refractivity contribution in [2.75, 3.05) is 18.8 Å². The molecule has 0 radical (unpaired) electrons.